The monoisotopic (exact) mass is 319 g/mol. The van der Waals surface area contributed by atoms with Crippen LogP contribution in [0.5, 0.6) is 11.6 Å². The normalized spacial score (nSPS) is 11.6. The van der Waals surface area contributed by atoms with Crippen molar-refractivity contribution in [3.63, 3.8) is 0 Å². The van der Waals surface area contributed by atoms with Gasteiger partial charge in [0.2, 0.25) is 5.88 Å². The number of ether oxygens (including phenoxy) is 2. The molecule has 0 saturated carbocycles. The van der Waals surface area contributed by atoms with E-state index in [1.165, 1.54) is 25.3 Å². The van der Waals surface area contributed by atoms with Gasteiger partial charge in [-0.05, 0) is 30.7 Å². The molecule has 0 radical (unpaired) electrons. The number of halogens is 5. The molecular weight excluding hydrogens is 309 g/mol. The molecule has 0 saturated heterocycles. The average Bonchev–Trinajstić information content (AvgIpc) is 2.40. The molecule has 2 rings (SSSR count). The van der Waals surface area contributed by atoms with Gasteiger partial charge in [-0.1, -0.05) is 12.1 Å². The Morgan fingerprint density at radius 2 is 1.68 bits per heavy atom. The van der Waals surface area contributed by atoms with E-state index < -0.39 is 13.0 Å². The van der Waals surface area contributed by atoms with Crippen molar-refractivity contribution >= 4 is 0 Å². The largest absolute Gasteiger partial charge is 0.573 e. The number of aryl methyl sites for hydroxylation is 1. The van der Waals surface area contributed by atoms with Gasteiger partial charge in [0.25, 0.3) is 0 Å². The minimum Gasteiger partial charge on any atom is -0.417 e. The van der Waals surface area contributed by atoms with Crippen molar-refractivity contribution in [2.45, 2.75) is 19.9 Å². The van der Waals surface area contributed by atoms with Crippen molar-refractivity contribution in [1.82, 2.24) is 4.98 Å². The maximum atomic E-state index is 12.1. The number of alkyl halides is 5. The van der Waals surface area contributed by atoms with E-state index in [0.717, 1.165) is 12.1 Å². The Bertz CT molecular complexity index is 641. The van der Waals surface area contributed by atoms with Crippen LogP contribution in [0.2, 0.25) is 0 Å². The Hall–Kier alpha value is -2.38. The summed E-state index contributed by atoms with van der Waals surface area (Å²) in [5.41, 5.74) is 1.50. The van der Waals surface area contributed by atoms with Crippen LogP contribution in [0.15, 0.2) is 36.5 Å². The highest BCUT2D eigenvalue weighted by Crippen LogP contribution is 2.28. The molecule has 118 valence electrons. The Kier molecular flexibility index (Phi) is 4.48. The van der Waals surface area contributed by atoms with Crippen LogP contribution in [0.25, 0.3) is 11.1 Å². The lowest BCUT2D eigenvalue weighted by Gasteiger charge is -2.10. The first-order valence-electron chi connectivity index (χ1n) is 6.02. The van der Waals surface area contributed by atoms with Gasteiger partial charge >= 0.3 is 13.0 Å². The SMILES string of the molecule is Cc1cc(-c2ccc(OC(F)(F)F)cc2)cnc1OC(F)F. The number of hydrogen-bond donors (Lipinski definition) is 0. The molecule has 3 nitrogen and oxygen atoms in total. The molecule has 0 aliphatic heterocycles. The third kappa shape index (κ3) is 4.31. The summed E-state index contributed by atoms with van der Waals surface area (Å²) < 4.78 is 68.4. The second-order valence-electron chi connectivity index (χ2n) is 4.30. The number of hydrogen-bond acceptors (Lipinski definition) is 3. The minimum atomic E-state index is -4.76. The van der Waals surface area contributed by atoms with E-state index in [4.69, 9.17) is 0 Å². The molecule has 2 aromatic rings. The van der Waals surface area contributed by atoms with Gasteiger partial charge in [0.15, 0.2) is 0 Å². The summed E-state index contributed by atoms with van der Waals surface area (Å²) >= 11 is 0. The van der Waals surface area contributed by atoms with E-state index in [1.54, 1.807) is 6.07 Å². The van der Waals surface area contributed by atoms with Gasteiger partial charge in [0.05, 0.1) is 0 Å². The highest BCUT2D eigenvalue weighted by Gasteiger charge is 2.30. The fraction of sp³-hybridized carbons (Fsp3) is 0.214. The zero-order valence-electron chi connectivity index (χ0n) is 11.2. The van der Waals surface area contributed by atoms with Crippen LogP contribution in [0.4, 0.5) is 22.0 Å². The van der Waals surface area contributed by atoms with Gasteiger partial charge in [0, 0.05) is 17.3 Å². The molecule has 0 unspecified atom stereocenters. The van der Waals surface area contributed by atoms with Gasteiger partial charge in [-0.25, -0.2) is 4.98 Å². The maximum absolute atomic E-state index is 12.1. The van der Waals surface area contributed by atoms with E-state index in [-0.39, 0.29) is 11.6 Å². The van der Waals surface area contributed by atoms with Crippen molar-refractivity contribution in [2.24, 2.45) is 0 Å². The summed E-state index contributed by atoms with van der Waals surface area (Å²) in [5, 5.41) is 0. The number of aromatic nitrogens is 1. The van der Waals surface area contributed by atoms with Crippen molar-refractivity contribution < 1.29 is 31.4 Å². The van der Waals surface area contributed by atoms with Crippen LogP contribution >= 0.6 is 0 Å². The van der Waals surface area contributed by atoms with E-state index in [2.05, 4.69) is 14.5 Å². The predicted octanol–water partition coefficient (Wildman–Crippen LogP) is 4.56. The van der Waals surface area contributed by atoms with E-state index in [9.17, 15) is 22.0 Å². The fourth-order valence-corrected chi connectivity index (χ4v) is 1.78. The smallest absolute Gasteiger partial charge is 0.417 e. The van der Waals surface area contributed by atoms with Crippen molar-refractivity contribution in [3.05, 3.63) is 42.1 Å². The zero-order valence-corrected chi connectivity index (χ0v) is 11.2. The summed E-state index contributed by atoms with van der Waals surface area (Å²) in [6, 6.07) is 6.67. The summed E-state index contributed by atoms with van der Waals surface area (Å²) in [6.07, 6.45) is -3.46. The third-order valence-electron chi connectivity index (χ3n) is 2.65. The van der Waals surface area contributed by atoms with Gasteiger partial charge in [-0.3, -0.25) is 0 Å². The quantitative estimate of drug-likeness (QED) is 0.774. The number of benzene rings is 1. The molecule has 1 aromatic heterocycles. The number of rotatable bonds is 4. The van der Waals surface area contributed by atoms with E-state index in [0.29, 0.717) is 16.7 Å². The lowest BCUT2D eigenvalue weighted by Crippen LogP contribution is -2.16. The maximum Gasteiger partial charge on any atom is 0.573 e. The molecule has 0 atom stereocenters. The summed E-state index contributed by atoms with van der Waals surface area (Å²) in [7, 11) is 0. The van der Waals surface area contributed by atoms with Crippen molar-refractivity contribution in [3.8, 4) is 22.8 Å². The Labute approximate surface area is 122 Å². The molecule has 0 fully saturated rings. The third-order valence-corrected chi connectivity index (χ3v) is 2.65. The average molecular weight is 319 g/mol. The Balaban J connectivity index is 2.20. The molecule has 0 N–H and O–H groups in total. The lowest BCUT2D eigenvalue weighted by molar-refractivity contribution is -0.274. The number of nitrogens with zero attached hydrogens (tertiary/aromatic N) is 1. The van der Waals surface area contributed by atoms with Crippen LogP contribution in [0, 0.1) is 6.92 Å². The second kappa shape index (κ2) is 6.17. The molecule has 0 aliphatic rings. The first-order chi connectivity index (χ1) is 10.2. The van der Waals surface area contributed by atoms with Gasteiger partial charge in [-0.2, -0.15) is 8.78 Å². The fourth-order valence-electron chi connectivity index (χ4n) is 1.78. The van der Waals surface area contributed by atoms with Crippen LogP contribution in [0.1, 0.15) is 5.56 Å². The van der Waals surface area contributed by atoms with Crippen LogP contribution in [-0.2, 0) is 0 Å². The van der Waals surface area contributed by atoms with Crippen molar-refractivity contribution in [2.75, 3.05) is 0 Å². The molecule has 0 amide bonds. The molecule has 0 spiro atoms. The predicted molar refractivity (Wildman–Crippen MR) is 67.7 cm³/mol. The topological polar surface area (TPSA) is 31.4 Å². The summed E-state index contributed by atoms with van der Waals surface area (Å²) in [5.74, 6) is -0.547. The molecular formula is C14H10F5NO2. The van der Waals surface area contributed by atoms with E-state index >= 15 is 0 Å². The molecule has 1 heterocycles. The highest BCUT2D eigenvalue weighted by molar-refractivity contribution is 5.64. The summed E-state index contributed by atoms with van der Waals surface area (Å²) in [4.78, 5) is 3.76. The van der Waals surface area contributed by atoms with Crippen molar-refractivity contribution in [1.29, 1.82) is 0 Å². The second-order valence-corrected chi connectivity index (χ2v) is 4.30. The summed E-state index contributed by atoms with van der Waals surface area (Å²) in [6.45, 7) is -1.44. The molecule has 1 aromatic carbocycles. The van der Waals surface area contributed by atoms with Gasteiger partial charge < -0.3 is 9.47 Å². The molecule has 0 aliphatic carbocycles. The highest BCUT2D eigenvalue weighted by atomic mass is 19.4. The lowest BCUT2D eigenvalue weighted by atomic mass is 10.1. The zero-order chi connectivity index (χ0) is 16.3. The molecule has 0 bridgehead atoms. The van der Waals surface area contributed by atoms with Crippen LogP contribution < -0.4 is 9.47 Å². The Morgan fingerprint density at radius 1 is 1.05 bits per heavy atom. The van der Waals surface area contributed by atoms with Crippen LogP contribution in [0.3, 0.4) is 0 Å². The first-order valence-corrected chi connectivity index (χ1v) is 6.02. The van der Waals surface area contributed by atoms with E-state index in [1.807, 2.05) is 0 Å². The minimum absolute atomic E-state index is 0.198. The Morgan fingerprint density at radius 3 is 2.18 bits per heavy atom. The molecule has 8 heteroatoms. The first kappa shape index (κ1) is 16.0. The molecule has 22 heavy (non-hydrogen) atoms. The standard InChI is InChI=1S/C14H10F5NO2/c1-8-6-10(7-20-12(8)21-13(15)16)9-2-4-11(5-3-9)22-14(17,18)19/h2-7,13H,1H3. The van der Waals surface area contributed by atoms with Crippen LogP contribution in [-0.4, -0.2) is 18.0 Å². The van der Waals surface area contributed by atoms with Gasteiger partial charge in [-0.15, -0.1) is 13.2 Å². The van der Waals surface area contributed by atoms with Gasteiger partial charge in [0.1, 0.15) is 5.75 Å². The number of pyridine rings is 1.